The van der Waals surface area contributed by atoms with Gasteiger partial charge in [0.15, 0.2) is 0 Å². The summed E-state index contributed by atoms with van der Waals surface area (Å²) in [7, 11) is 0. The van der Waals surface area contributed by atoms with E-state index in [1.807, 2.05) is 24.3 Å². The standard InChI is InChI=1S/C15H23IN2O/c1-3-7-13(8-4-2)17-15(19)18-14-10-6-5-9-12(14)11-16/h5-6,9-10,13H,3-4,7-8,11H2,1-2H3,(H2,17,18,19). The Kier molecular flexibility index (Phi) is 7.86. The zero-order chi connectivity index (χ0) is 14.1. The number of halogens is 1. The minimum atomic E-state index is -0.0933. The van der Waals surface area contributed by atoms with E-state index in [0.717, 1.165) is 41.4 Å². The fourth-order valence-corrected chi connectivity index (χ4v) is 2.75. The van der Waals surface area contributed by atoms with E-state index in [1.54, 1.807) is 0 Å². The zero-order valence-corrected chi connectivity index (χ0v) is 13.9. The highest BCUT2D eigenvalue weighted by atomic mass is 127. The summed E-state index contributed by atoms with van der Waals surface area (Å²) < 4.78 is 0.890. The van der Waals surface area contributed by atoms with E-state index in [4.69, 9.17) is 0 Å². The second-order valence-corrected chi connectivity index (χ2v) is 5.43. The number of rotatable bonds is 7. The Bertz CT molecular complexity index is 389. The Balaban J connectivity index is 2.58. The molecule has 2 N–H and O–H groups in total. The molecule has 1 aromatic carbocycles. The summed E-state index contributed by atoms with van der Waals surface area (Å²) in [5.74, 6) is 0. The highest BCUT2D eigenvalue weighted by Gasteiger charge is 2.11. The average molecular weight is 374 g/mol. The van der Waals surface area contributed by atoms with E-state index >= 15 is 0 Å². The molecule has 0 fully saturated rings. The van der Waals surface area contributed by atoms with Crippen LogP contribution in [0.1, 0.15) is 45.1 Å². The zero-order valence-electron chi connectivity index (χ0n) is 11.7. The van der Waals surface area contributed by atoms with Crippen LogP contribution in [0.2, 0.25) is 0 Å². The molecule has 0 saturated carbocycles. The second kappa shape index (κ2) is 9.18. The van der Waals surface area contributed by atoms with Crippen LogP contribution in [-0.4, -0.2) is 12.1 Å². The maximum Gasteiger partial charge on any atom is 0.319 e. The first-order chi connectivity index (χ1) is 9.21. The molecule has 19 heavy (non-hydrogen) atoms. The normalized spacial score (nSPS) is 10.5. The molecular weight excluding hydrogens is 351 g/mol. The van der Waals surface area contributed by atoms with Gasteiger partial charge in [-0.05, 0) is 24.5 Å². The summed E-state index contributed by atoms with van der Waals surface area (Å²) in [5.41, 5.74) is 2.06. The van der Waals surface area contributed by atoms with Crippen molar-refractivity contribution in [3.8, 4) is 0 Å². The van der Waals surface area contributed by atoms with Crippen LogP contribution >= 0.6 is 22.6 Å². The van der Waals surface area contributed by atoms with Crippen molar-refractivity contribution in [3.63, 3.8) is 0 Å². The fourth-order valence-electron chi connectivity index (χ4n) is 2.09. The number of carbonyl (C=O) groups excluding carboxylic acids is 1. The first-order valence-electron chi connectivity index (χ1n) is 6.92. The number of para-hydroxylation sites is 1. The fraction of sp³-hybridized carbons (Fsp3) is 0.533. The molecule has 0 bridgehead atoms. The van der Waals surface area contributed by atoms with Crippen molar-refractivity contribution in [2.45, 2.75) is 50.0 Å². The van der Waals surface area contributed by atoms with Gasteiger partial charge < -0.3 is 10.6 Å². The molecule has 0 heterocycles. The van der Waals surface area contributed by atoms with E-state index in [-0.39, 0.29) is 12.1 Å². The molecule has 3 nitrogen and oxygen atoms in total. The largest absolute Gasteiger partial charge is 0.335 e. The van der Waals surface area contributed by atoms with E-state index < -0.39 is 0 Å². The van der Waals surface area contributed by atoms with Gasteiger partial charge in [-0.3, -0.25) is 0 Å². The lowest BCUT2D eigenvalue weighted by molar-refractivity contribution is 0.246. The van der Waals surface area contributed by atoms with Gasteiger partial charge >= 0.3 is 6.03 Å². The van der Waals surface area contributed by atoms with E-state index in [2.05, 4.69) is 47.1 Å². The molecule has 0 unspecified atom stereocenters. The number of amides is 2. The molecule has 2 amide bonds. The summed E-state index contributed by atoms with van der Waals surface area (Å²) in [4.78, 5) is 12.0. The van der Waals surface area contributed by atoms with Gasteiger partial charge in [-0.15, -0.1) is 0 Å². The van der Waals surface area contributed by atoms with Crippen LogP contribution in [-0.2, 0) is 4.43 Å². The molecule has 0 saturated heterocycles. The Hall–Kier alpha value is -0.780. The SMILES string of the molecule is CCCC(CCC)NC(=O)Nc1ccccc1CI. The van der Waals surface area contributed by atoms with Gasteiger partial charge in [0.05, 0.1) is 0 Å². The molecule has 0 radical (unpaired) electrons. The summed E-state index contributed by atoms with van der Waals surface area (Å²) in [6, 6.07) is 8.11. The highest BCUT2D eigenvalue weighted by Crippen LogP contribution is 2.18. The lowest BCUT2D eigenvalue weighted by atomic mass is 10.1. The van der Waals surface area contributed by atoms with Crippen LogP contribution < -0.4 is 10.6 Å². The number of hydrogen-bond donors (Lipinski definition) is 2. The summed E-state index contributed by atoms with van der Waals surface area (Å²) >= 11 is 2.31. The number of alkyl halides is 1. The van der Waals surface area contributed by atoms with Gasteiger partial charge in [0, 0.05) is 16.2 Å². The van der Waals surface area contributed by atoms with Crippen LogP contribution in [0, 0.1) is 0 Å². The molecular formula is C15H23IN2O. The molecule has 0 atom stereocenters. The van der Waals surface area contributed by atoms with Crippen LogP contribution in [0.4, 0.5) is 10.5 Å². The third kappa shape index (κ3) is 5.80. The Morgan fingerprint density at radius 3 is 2.42 bits per heavy atom. The van der Waals surface area contributed by atoms with Gasteiger partial charge in [-0.1, -0.05) is 67.5 Å². The van der Waals surface area contributed by atoms with E-state index in [0.29, 0.717) is 0 Å². The summed E-state index contributed by atoms with van der Waals surface area (Å²) in [6.45, 7) is 4.29. The minimum absolute atomic E-state index is 0.0933. The molecule has 0 aliphatic rings. The Labute approximate surface area is 129 Å². The molecule has 106 valence electrons. The number of carbonyl (C=O) groups is 1. The van der Waals surface area contributed by atoms with Crippen molar-refractivity contribution >= 4 is 34.3 Å². The van der Waals surface area contributed by atoms with Gasteiger partial charge in [0.25, 0.3) is 0 Å². The average Bonchev–Trinajstić information content (AvgIpc) is 2.40. The molecule has 1 aromatic rings. The molecule has 0 aliphatic heterocycles. The lowest BCUT2D eigenvalue weighted by Crippen LogP contribution is -2.38. The monoisotopic (exact) mass is 374 g/mol. The smallest absolute Gasteiger partial charge is 0.319 e. The number of nitrogens with one attached hydrogen (secondary N) is 2. The second-order valence-electron chi connectivity index (χ2n) is 4.66. The van der Waals surface area contributed by atoms with Crippen LogP contribution in [0.3, 0.4) is 0 Å². The maximum atomic E-state index is 12.0. The molecule has 4 heteroatoms. The van der Waals surface area contributed by atoms with Gasteiger partial charge in [0.2, 0.25) is 0 Å². The van der Waals surface area contributed by atoms with Crippen molar-refractivity contribution in [2.24, 2.45) is 0 Å². The van der Waals surface area contributed by atoms with Crippen molar-refractivity contribution in [1.29, 1.82) is 0 Å². The van der Waals surface area contributed by atoms with Crippen molar-refractivity contribution in [3.05, 3.63) is 29.8 Å². The van der Waals surface area contributed by atoms with Gasteiger partial charge in [-0.25, -0.2) is 4.79 Å². The Morgan fingerprint density at radius 2 is 1.84 bits per heavy atom. The topological polar surface area (TPSA) is 41.1 Å². The minimum Gasteiger partial charge on any atom is -0.335 e. The predicted molar refractivity (Wildman–Crippen MR) is 89.9 cm³/mol. The Morgan fingerprint density at radius 1 is 1.21 bits per heavy atom. The number of anilines is 1. The first kappa shape index (κ1) is 16.3. The molecule has 1 rings (SSSR count). The molecule has 0 spiro atoms. The van der Waals surface area contributed by atoms with Crippen molar-refractivity contribution in [1.82, 2.24) is 5.32 Å². The molecule has 0 aliphatic carbocycles. The molecule has 0 aromatic heterocycles. The number of hydrogen-bond acceptors (Lipinski definition) is 1. The van der Waals surface area contributed by atoms with E-state index in [1.165, 1.54) is 0 Å². The van der Waals surface area contributed by atoms with Crippen LogP contribution in [0.5, 0.6) is 0 Å². The highest BCUT2D eigenvalue weighted by molar-refractivity contribution is 14.1. The van der Waals surface area contributed by atoms with Crippen molar-refractivity contribution < 1.29 is 4.79 Å². The third-order valence-corrected chi connectivity index (χ3v) is 3.84. The maximum absolute atomic E-state index is 12.0. The lowest BCUT2D eigenvalue weighted by Gasteiger charge is -2.18. The summed E-state index contributed by atoms with van der Waals surface area (Å²) in [6.07, 6.45) is 4.26. The third-order valence-electron chi connectivity index (χ3n) is 3.02. The van der Waals surface area contributed by atoms with Crippen LogP contribution in [0.15, 0.2) is 24.3 Å². The van der Waals surface area contributed by atoms with Gasteiger partial charge in [0.1, 0.15) is 0 Å². The predicted octanol–water partition coefficient (Wildman–Crippen LogP) is 4.71. The van der Waals surface area contributed by atoms with Crippen molar-refractivity contribution in [2.75, 3.05) is 5.32 Å². The van der Waals surface area contributed by atoms with E-state index in [9.17, 15) is 4.79 Å². The number of urea groups is 1. The first-order valence-corrected chi connectivity index (χ1v) is 8.45. The number of benzene rings is 1. The van der Waals surface area contributed by atoms with Gasteiger partial charge in [-0.2, -0.15) is 0 Å². The van der Waals surface area contributed by atoms with Crippen LogP contribution in [0.25, 0.3) is 0 Å². The quantitative estimate of drug-likeness (QED) is 0.527. The summed E-state index contributed by atoms with van der Waals surface area (Å²) in [5, 5.41) is 6.02.